The van der Waals surface area contributed by atoms with E-state index in [0.29, 0.717) is 0 Å². The van der Waals surface area contributed by atoms with Crippen molar-refractivity contribution < 1.29 is 9.66 Å². The molecule has 7 nitrogen and oxygen atoms in total. The van der Waals surface area contributed by atoms with Crippen molar-refractivity contribution in [2.24, 2.45) is 5.11 Å². The Hall–Kier alpha value is -2.18. The van der Waals surface area contributed by atoms with E-state index in [2.05, 4.69) is 10.0 Å². The Bertz CT molecular complexity index is 806. The van der Waals surface area contributed by atoms with Crippen LogP contribution in [-0.4, -0.2) is 4.92 Å². The van der Waals surface area contributed by atoms with Gasteiger partial charge in [-0.25, -0.2) is 0 Å². The molecule has 0 aliphatic heterocycles. The summed E-state index contributed by atoms with van der Waals surface area (Å²) in [4.78, 5) is 12.7. The second-order valence-electron chi connectivity index (χ2n) is 3.87. The van der Waals surface area contributed by atoms with Gasteiger partial charge in [-0.05, 0) is 23.7 Å². The van der Waals surface area contributed by atoms with Gasteiger partial charge in [0.2, 0.25) is 0 Å². The van der Waals surface area contributed by atoms with Crippen molar-refractivity contribution in [3.63, 3.8) is 0 Å². The number of benzene rings is 2. The van der Waals surface area contributed by atoms with E-state index in [0.717, 1.165) is 12.1 Å². The number of hydrogen-bond donors (Lipinski definition) is 0. The number of nitro benzene ring substituents is 1. The van der Waals surface area contributed by atoms with Crippen molar-refractivity contribution in [2.75, 3.05) is 0 Å². The van der Waals surface area contributed by atoms with Gasteiger partial charge in [-0.3, -0.25) is 10.1 Å². The molecular formula is C12H5Cl3N4O3. The first-order chi connectivity index (χ1) is 10.4. The molecule has 0 amide bonds. The molecule has 0 radical (unpaired) electrons. The van der Waals surface area contributed by atoms with E-state index in [1.807, 2.05) is 0 Å². The van der Waals surface area contributed by atoms with Gasteiger partial charge in [-0.1, -0.05) is 46.0 Å². The second-order valence-corrected chi connectivity index (χ2v) is 5.06. The standard InChI is InChI=1S/C12H5Cl3N4O3/c13-6-2-1-3-10(12(6)15)22-11-5-8(17-18-16)9(19(20)21)4-7(11)14/h1-5H. The molecule has 2 aromatic carbocycles. The molecule has 0 bridgehead atoms. The normalized spacial score (nSPS) is 9.95. The third-order valence-electron chi connectivity index (χ3n) is 2.51. The van der Waals surface area contributed by atoms with Gasteiger partial charge in [0.15, 0.2) is 0 Å². The lowest BCUT2D eigenvalue weighted by atomic mass is 10.2. The van der Waals surface area contributed by atoms with Crippen LogP contribution in [0.4, 0.5) is 11.4 Å². The number of nitrogens with zero attached hydrogens (tertiary/aromatic N) is 4. The van der Waals surface area contributed by atoms with Crippen LogP contribution in [0.3, 0.4) is 0 Å². The average molecular weight is 360 g/mol. The molecule has 0 spiro atoms. The van der Waals surface area contributed by atoms with E-state index in [1.165, 1.54) is 0 Å². The minimum Gasteiger partial charge on any atom is -0.454 e. The van der Waals surface area contributed by atoms with E-state index >= 15 is 0 Å². The van der Waals surface area contributed by atoms with Crippen molar-refractivity contribution in [3.05, 3.63) is 66.0 Å². The van der Waals surface area contributed by atoms with Gasteiger partial charge < -0.3 is 4.74 Å². The molecule has 22 heavy (non-hydrogen) atoms. The van der Waals surface area contributed by atoms with E-state index in [9.17, 15) is 10.1 Å². The maximum Gasteiger partial charge on any atom is 0.280 e. The molecule has 0 aromatic heterocycles. The van der Waals surface area contributed by atoms with Gasteiger partial charge >= 0.3 is 0 Å². The number of hydrogen-bond acceptors (Lipinski definition) is 4. The molecule has 112 valence electrons. The lowest BCUT2D eigenvalue weighted by Gasteiger charge is -2.10. The third-order valence-corrected chi connectivity index (χ3v) is 3.61. The summed E-state index contributed by atoms with van der Waals surface area (Å²) in [6.07, 6.45) is 0. The highest BCUT2D eigenvalue weighted by atomic mass is 35.5. The molecule has 0 unspecified atom stereocenters. The molecule has 0 heterocycles. The molecule has 0 saturated heterocycles. The van der Waals surface area contributed by atoms with Crippen molar-refractivity contribution in [1.82, 2.24) is 0 Å². The monoisotopic (exact) mass is 358 g/mol. The number of rotatable bonds is 4. The Balaban J connectivity index is 2.52. The zero-order valence-electron chi connectivity index (χ0n) is 10.5. The lowest BCUT2D eigenvalue weighted by molar-refractivity contribution is -0.384. The lowest BCUT2D eigenvalue weighted by Crippen LogP contribution is -1.92. The van der Waals surface area contributed by atoms with Gasteiger partial charge in [0.1, 0.15) is 22.2 Å². The maximum absolute atomic E-state index is 10.9. The quantitative estimate of drug-likeness (QED) is 0.211. The van der Waals surface area contributed by atoms with Crippen molar-refractivity contribution in [3.8, 4) is 11.5 Å². The SMILES string of the molecule is [N-]=[N+]=Nc1cc(Oc2cccc(Cl)c2Cl)c(Cl)cc1[N+](=O)[O-]. The van der Waals surface area contributed by atoms with Gasteiger partial charge in [0.25, 0.3) is 5.69 Å². The molecule has 0 aliphatic carbocycles. The third kappa shape index (κ3) is 3.35. The molecule has 0 atom stereocenters. The first kappa shape index (κ1) is 16.2. The summed E-state index contributed by atoms with van der Waals surface area (Å²) in [5.74, 6) is 0.246. The molecule has 2 rings (SSSR count). The zero-order chi connectivity index (χ0) is 16.3. The minimum atomic E-state index is -0.716. The topological polar surface area (TPSA) is 101 Å². The van der Waals surface area contributed by atoms with Crippen LogP contribution in [0.1, 0.15) is 0 Å². The van der Waals surface area contributed by atoms with Gasteiger partial charge in [-0.2, -0.15) is 0 Å². The number of ether oxygens (including phenoxy) is 1. The van der Waals surface area contributed by atoms with Crippen LogP contribution < -0.4 is 4.74 Å². The van der Waals surface area contributed by atoms with E-state index in [-0.39, 0.29) is 32.3 Å². The summed E-state index contributed by atoms with van der Waals surface area (Å²) in [6, 6.07) is 6.90. The summed E-state index contributed by atoms with van der Waals surface area (Å²) in [5, 5.41) is 14.5. The highest BCUT2D eigenvalue weighted by Crippen LogP contribution is 2.42. The van der Waals surface area contributed by atoms with Gasteiger partial charge in [0.05, 0.1) is 15.0 Å². The second kappa shape index (κ2) is 6.72. The highest BCUT2D eigenvalue weighted by Gasteiger charge is 2.18. The number of nitro groups is 1. The summed E-state index contributed by atoms with van der Waals surface area (Å²) < 4.78 is 5.49. The zero-order valence-corrected chi connectivity index (χ0v) is 12.8. The Morgan fingerprint density at radius 3 is 2.55 bits per heavy atom. The van der Waals surface area contributed by atoms with E-state index < -0.39 is 10.6 Å². The molecule has 0 aliphatic rings. The van der Waals surface area contributed by atoms with Crippen LogP contribution in [0.2, 0.25) is 15.1 Å². The van der Waals surface area contributed by atoms with Gasteiger partial charge in [-0.15, -0.1) is 0 Å². The maximum atomic E-state index is 10.9. The molecular weight excluding hydrogens is 355 g/mol. The van der Waals surface area contributed by atoms with Crippen LogP contribution in [0.15, 0.2) is 35.4 Å². The summed E-state index contributed by atoms with van der Waals surface area (Å²) in [7, 11) is 0. The minimum absolute atomic E-state index is 0.0406. The molecule has 0 saturated carbocycles. The molecule has 10 heteroatoms. The smallest absolute Gasteiger partial charge is 0.280 e. The first-order valence-electron chi connectivity index (χ1n) is 5.59. The van der Waals surface area contributed by atoms with Crippen LogP contribution in [0.25, 0.3) is 10.4 Å². The summed E-state index contributed by atoms with van der Waals surface area (Å²) in [6.45, 7) is 0. The van der Waals surface area contributed by atoms with Crippen LogP contribution in [0.5, 0.6) is 11.5 Å². The highest BCUT2D eigenvalue weighted by molar-refractivity contribution is 6.43. The van der Waals surface area contributed by atoms with Crippen molar-refractivity contribution in [2.45, 2.75) is 0 Å². The predicted molar refractivity (Wildman–Crippen MR) is 83.4 cm³/mol. The van der Waals surface area contributed by atoms with Crippen molar-refractivity contribution >= 4 is 46.2 Å². The fraction of sp³-hybridized carbons (Fsp3) is 0. The molecule has 0 N–H and O–H groups in total. The van der Waals surface area contributed by atoms with Crippen molar-refractivity contribution in [1.29, 1.82) is 0 Å². The largest absolute Gasteiger partial charge is 0.454 e. The first-order valence-corrected chi connectivity index (χ1v) is 6.72. The van der Waals surface area contributed by atoms with E-state index in [1.54, 1.807) is 18.2 Å². The Morgan fingerprint density at radius 2 is 1.91 bits per heavy atom. The fourth-order valence-electron chi connectivity index (χ4n) is 1.57. The molecule has 2 aromatic rings. The number of halogens is 3. The molecule has 0 fully saturated rings. The summed E-state index contributed by atoms with van der Waals surface area (Å²) >= 11 is 17.8. The van der Waals surface area contributed by atoms with E-state index in [4.69, 9.17) is 45.1 Å². The predicted octanol–water partition coefficient (Wildman–Crippen LogP) is 6.29. The number of azide groups is 1. The Kier molecular flexibility index (Phi) is 4.95. The Labute approximate surface area is 138 Å². The van der Waals surface area contributed by atoms with Crippen LogP contribution >= 0.6 is 34.8 Å². The van der Waals surface area contributed by atoms with Gasteiger partial charge in [0, 0.05) is 11.0 Å². The average Bonchev–Trinajstić information content (AvgIpc) is 2.47. The summed E-state index contributed by atoms with van der Waals surface area (Å²) in [5.41, 5.74) is 7.81. The van der Waals surface area contributed by atoms with Crippen LogP contribution in [0, 0.1) is 10.1 Å². The fourth-order valence-corrected chi connectivity index (χ4v) is 2.09. The van der Waals surface area contributed by atoms with Crippen LogP contribution in [-0.2, 0) is 0 Å². The Morgan fingerprint density at radius 1 is 1.18 bits per heavy atom.